The number of carbonyl (C=O) groups is 1. The molecule has 0 heterocycles. The van der Waals surface area contributed by atoms with Crippen LogP contribution in [-0.2, 0) is 17.6 Å². The highest BCUT2D eigenvalue weighted by atomic mass is 16.3. The van der Waals surface area contributed by atoms with Crippen LogP contribution in [0.2, 0.25) is 0 Å². The summed E-state index contributed by atoms with van der Waals surface area (Å²) >= 11 is 0. The first kappa shape index (κ1) is 15.7. The second-order valence-corrected chi connectivity index (χ2v) is 5.62. The molecule has 106 valence electrons. The van der Waals surface area contributed by atoms with E-state index in [1.54, 1.807) is 6.92 Å². The van der Waals surface area contributed by atoms with Gasteiger partial charge in [-0.05, 0) is 44.7 Å². The van der Waals surface area contributed by atoms with Crippen molar-refractivity contribution < 1.29 is 9.90 Å². The maximum absolute atomic E-state index is 11.8. The summed E-state index contributed by atoms with van der Waals surface area (Å²) in [7, 11) is 0. The topological polar surface area (TPSA) is 49.3 Å². The summed E-state index contributed by atoms with van der Waals surface area (Å²) in [5.41, 5.74) is 1.90. The van der Waals surface area contributed by atoms with Gasteiger partial charge in [-0.3, -0.25) is 4.79 Å². The van der Waals surface area contributed by atoms with Crippen molar-refractivity contribution in [3.63, 3.8) is 0 Å². The van der Waals surface area contributed by atoms with E-state index in [0.717, 1.165) is 12.8 Å². The average molecular weight is 263 g/mol. The Kier molecular flexibility index (Phi) is 5.55. The molecule has 19 heavy (non-hydrogen) atoms. The van der Waals surface area contributed by atoms with Crippen LogP contribution in [0, 0.1) is 0 Å². The highest BCUT2D eigenvalue weighted by molar-refractivity contribution is 5.77. The molecule has 2 N–H and O–H groups in total. The van der Waals surface area contributed by atoms with E-state index < -0.39 is 11.6 Å². The van der Waals surface area contributed by atoms with Gasteiger partial charge in [0.25, 0.3) is 0 Å². The molecule has 0 saturated heterocycles. The SMILES string of the molecule is CCc1ccc(CCC(=O)NC(C)(C)C(C)O)cc1. The molecule has 0 aliphatic heterocycles. The van der Waals surface area contributed by atoms with Crippen molar-refractivity contribution in [3.05, 3.63) is 35.4 Å². The van der Waals surface area contributed by atoms with Gasteiger partial charge in [-0.25, -0.2) is 0 Å². The van der Waals surface area contributed by atoms with Crippen molar-refractivity contribution in [2.45, 2.75) is 58.6 Å². The van der Waals surface area contributed by atoms with Crippen LogP contribution in [-0.4, -0.2) is 22.7 Å². The molecule has 0 radical (unpaired) electrons. The van der Waals surface area contributed by atoms with E-state index in [1.807, 2.05) is 13.8 Å². The zero-order chi connectivity index (χ0) is 14.5. The molecule has 3 heteroatoms. The van der Waals surface area contributed by atoms with Gasteiger partial charge >= 0.3 is 0 Å². The largest absolute Gasteiger partial charge is 0.391 e. The number of amides is 1. The Morgan fingerprint density at radius 2 is 1.79 bits per heavy atom. The van der Waals surface area contributed by atoms with Gasteiger partial charge in [-0.15, -0.1) is 0 Å². The fourth-order valence-electron chi connectivity index (χ4n) is 1.73. The lowest BCUT2D eigenvalue weighted by molar-refractivity contribution is -0.123. The maximum Gasteiger partial charge on any atom is 0.220 e. The van der Waals surface area contributed by atoms with Crippen molar-refractivity contribution in [1.82, 2.24) is 5.32 Å². The van der Waals surface area contributed by atoms with Crippen molar-refractivity contribution >= 4 is 5.91 Å². The first-order valence-corrected chi connectivity index (χ1v) is 6.92. The third-order valence-electron chi connectivity index (χ3n) is 3.58. The normalized spacial score (nSPS) is 13.1. The van der Waals surface area contributed by atoms with Gasteiger partial charge in [0.2, 0.25) is 5.91 Å². The number of nitrogens with one attached hydrogen (secondary N) is 1. The third kappa shape index (κ3) is 5.03. The number of aryl methyl sites for hydroxylation is 2. The van der Waals surface area contributed by atoms with Crippen LogP contribution in [0.1, 0.15) is 45.2 Å². The molecule has 1 aromatic rings. The zero-order valence-corrected chi connectivity index (χ0v) is 12.4. The first-order chi connectivity index (χ1) is 8.85. The van der Waals surface area contributed by atoms with Crippen LogP contribution in [0.15, 0.2) is 24.3 Å². The molecular formula is C16H25NO2. The van der Waals surface area contributed by atoms with Crippen LogP contribution >= 0.6 is 0 Å². The Hall–Kier alpha value is -1.35. The molecule has 0 saturated carbocycles. The quantitative estimate of drug-likeness (QED) is 0.828. The minimum absolute atomic E-state index is 0.0227. The van der Waals surface area contributed by atoms with Crippen LogP contribution in [0.3, 0.4) is 0 Å². The number of aliphatic hydroxyl groups excluding tert-OH is 1. The molecule has 1 rings (SSSR count). The van der Waals surface area contributed by atoms with E-state index in [4.69, 9.17) is 0 Å². The molecule has 1 atom stereocenters. The minimum atomic E-state index is -0.580. The van der Waals surface area contributed by atoms with E-state index in [1.165, 1.54) is 11.1 Å². The van der Waals surface area contributed by atoms with Crippen molar-refractivity contribution in [2.24, 2.45) is 0 Å². The predicted octanol–water partition coefficient (Wildman–Crippen LogP) is 2.46. The van der Waals surface area contributed by atoms with Crippen LogP contribution in [0.4, 0.5) is 0 Å². The average Bonchev–Trinajstić information content (AvgIpc) is 2.36. The molecule has 0 aliphatic rings. The Balaban J connectivity index is 2.45. The van der Waals surface area contributed by atoms with Gasteiger partial charge in [0.15, 0.2) is 0 Å². The highest BCUT2D eigenvalue weighted by Gasteiger charge is 2.25. The second-order valence-electron chi connectivity index (χ2n) is 5.62. The van der Waals surface area contributed by atoms with Gasteiger partial charge in [0.05, 0.1) is 11.6 Å². The summed E-state index contributed by atoms with van der Waals surface area (Å²) in [6.45, 7) is 7.46. The predicted molar refractivity (Wildman–Crippen MR) is 78.0 cm³/mol. The summed E-state index contributed by atoms with van der Waals surface area (Å²) in [5, 5.41) is 12.4. The Bertz CT molecular complexity index is 407. The number of aliphatic hydroxyl groups is 1. The smallest absolute Gasteiger partial charge is 0.220 e. The second kappa shape index (κ2) is 6.71. The molecule has 0 aliphatic carbocycles. The molecule has 0 bridgehead atoms. The Morgan fingerprint density at radius 3 is 2.26 bits per heavy atom. The highest BCUT2D eigenvalue weighted by Crippen LogP contribution is 2.10. The number of hydrogen-bond donors (Lipinski definition) is 2. The van der Waals surface area contributed by atoms with E-state index >= 15 is 0 Å². The zero-order valence-electron chi connectivity index (χ0n) is 12.4. The molecule has 0 spiro atoms. The van der Waals surface area contributed by atoms with E-state index in [-0.39, 0.29) is 5.91 Å². The van der Waals surface area contributed by atoms with E-state index in [2.05, 4.69) is 36.5 Å². The molecule has 0 fully saturated rings. The lowest BCUT2D eigenvalue weighted by Crippen LogP contribution is -2.51. The fraction of sp³-hybridized carbons (Fsp3) is 0.562. The summed E-state index contributed by atoms with van der Waals surface area (Å²) in [6.07, 6.45) is 1.64. The van der Waals surface area contributed by atoms with E-state index in [0.29, 0.717) is 6.42 Å². The van der Waals surface area contributed by atoms with Gasteiger partial charge in [0, 0.05) is 6.42 Å². The molecular weight excluding hydrogens is 238 g/mol. The van der Waals surface area contributed by atoms with Crippen molar-refractivity contribution in [2.75, 3.05) is 0 Å². The maximum atomic E-state index is 11.8. The minimum Gasteiger partial charge on any atom is -0.391 e. The van der Waals surface area contributed by atoms with Gasteiger partial charge in [0.1, 0.15) is 0 Å². The lowest BCUT2D eigenvalue weighted by atomic mass is 9.98. The van der Waals surface area contributed by atoms with Crippen molar-refractivity contribution in [1.29, 1.82) is 0 Å². The van der Waals surface area contributed by atoms with Crippen LogP contribution in [0.5, 0.6) is 0 Å². The Labute approximate surface area is 116 Å². The summed E-state index contributed by atoms with van der Waals surface area (Å²) in [6, 6.07) is 8.36. The number of hydrogen-bond acceptors (Lipinski definition) is 2. The fourth-order valence-corrected chi connectivity index (χ4v) is 1.73. The molecule has 1 aromatic carbocycles. The first-order valence-electron chi connectivity index (χ1n) is 6.92. The third-order valence-corrected chi connectivity index (χ3v) is 3.58. The van der Waals surface area contributed by atoms with Crippen LogP contribution in [0.25, 0.3) is 0 Å². The summed E-state index contributed by atoms with van der Waals surface area (Å²) in [4.78, 5) is 11.8. The molecule has 1 amide bonds. The summed E-state index contributed by atoms with van der Waals surface area (Å²) in [5.74, 6) is -0.0227. The standard InChI is InChI=1S/C16H25NO2/c1-5-13-6-8-14(9-7-13)10-11-15(19)17-16(3,4)12(2)18/h6-9,12,18H,5,10-11H2,1-4H3,(H,17,19). The Morgan fingerprint density at radius 1 is 1.26 bits per heavy atom. The van der Waals surface area contributed by atoms with Gasteiger partial charge in [-0.2, -0.15) is 0 Å². The lowest BCUT2D eigenvalue weighted by Gasteiger charge is -2.29. The number of carbonyl (C=O) groups excluding carboxylic acids is 1. The summed E-state index contributed by atoms with van der Waals surface area (Å²) < 4.78 is 0. The molecule has 1 unspecified atom stereocenters. The number of benzene rings is 1. The molecule has 0 aromatic heterocycles. The van der Waals surface area contributed by atoms with E-state index in [9.17, 15) is 9.90 Å². The number of rotatable bonds is 6. The van der Waals surface area contributed by atoms with Crippen LogP contribution < -0.4 is 5.32 Å². The van der Waals surface area contributed by atoms with Crippen molar-refractivity contribution in [3.8, 4) is 0 Å². The molecule has 3 nitrogen and oxygen atoms in total. The van der Waals surface area contributed by atoms with Gasteiger partial charge < -0.3 is 10.4 Å². The monoisotopic (exact) mass is 263 g/mol. The van der Waals surface area contributed by atoms with Gasteiger partial charge in [-0.1, -0.05) is 31.2 Å².